The number of sulfonamides is 1. The Hall–Kier alpha value is -1.42. The van der Waals surface area contributed by atoms with E-state index in [2.05, 4.69) is 40.8 Å². The second kappa shape index (κ2) is 10.5. The SMILES string of the molecule is CC(C)N1CCN(c2ccc(-c3ccc(S(=O)(=O)N4C[C@@H]5C[C@H]4CO5)cc3)cn2)CC1.Cl.Cl. The molecule has 182 valence electrons. The molecular formula is C23H32Cl2N4O3S. The monoisotopic (exact) mass is 514 g/mol. The predicted octanol–water partition coefficient (Wildman–Crippen LogP) is 3.28. The van der Waals surface area contributed by atoms with Gasteiger partial charge in [-0.2, -0.15) is 4.31 Å². The molecule has 3 aliphatic rings. The largest absolute Gasteiger partial charge is 0.375 e. The van der Waals surface area contributed by atoms with E-state index in [0.717, 1.165) is 49.5 Å². The van der Waals surface area contributed by atoms with Crippen molar-refractivity contribution in [3.63, 3.8) is 0 Å². The Morgan fingerprint density at radius 2 is 1.64 bits per heavy atom. The van der Waals surface area contributed by atoms with Crippen molar-refractivity contribution in [2.45, 2.75) is 43.4 Å². The van der Waals surface area contributed by atoms with Crippen LogP contribution in [0.15, 0.2) is 47.5 Å². The molecule has 4 heterocycles. The number of morpholine rings is 1. The summed E-state index contributed by atoms with van der Waals surface area (Å²) in [6.07, 6.45) is 2.74. The number of pyridine rings is 1. The minimum atomic E-state index is -3.47. The molecule has 3 saturated heterocycles. The number of halogens is 2. The Labute approximate surface area is 209 Å². The maximum absolute atomic E-state index is 13.0. The summed E-state index contributed by atoms with van der Waals surface area (Å²) in [6, 6.07) is 11.8. The number of rotatable bonds is 5. The summed E-state index contributed by atoms with van der Waals surface area (Å²) in [7, 11) is -3.47. The van der Waals surface area contributed by atoms with E-state index in [0.29, 0.717) is 24.1 Å². The van der Waals surface area contributed by atoms with Gasteiger partial charge in [0.1, 0.15) is 5.82 Å². The highest BCUT2D eigenvalue weighted by atomic mass is 35.5. The van der Waals surface area contributed by atoms with E-state index in [-0.39, 0.29) is 37.0 Å². The first-order valence-electron chi connectivity index (χ1n) is 11.1. The van der Waals surface area contributed by atoms with Crippen molar-refractivity contribution in [2.75, 3.05) is 44.2 Å². The lowest BCUT2D eigenvalue weighted by atomic mass is 10.1. The van der Waals surface area contributed by atoms with E-state index in [9.17, 15) is 8.42 Å². The highest BCUT2D eigenvalue weighted by molar-refractivity contribution is 7.89. The number of fused-ring (bicyclic) bond motifs is 2. The number of piperazine rings is 1. The van der Waals surface area contributed by atoms with Gasteiger partial charge in [-0.25, -0.2) is 13.4 Å². The summed E-state index contributed by atoms with van der Waals surface area (Å²) in [5.41, 5.74) is 1.95. The lowest BCUT2D eigenvalue weighted by Gasteiger charge is -2.37. The van der Waals surface area contributed by atoms with Crippen molar-refractivity contribution >= 4 is 40.7 Å². The van der Waals surface area contributed by atoms with Gasteiger partial charge in [-0.3, -0.25) is 4.90 Å². The van der Waals surface area contributed by atoms with Crippen LogP contribution in [0.1, 0.15) is 20.3 Å². The maximum atomic E-state index is 13.0. The van der Waals surface area contributed by atoms with E-state index in [4.69, 9.17) is 4.74 Å². The molecule has 0 unspecified atom stereocenters. The number of hydrogen-bond donors (Lipinski definition) is 0. The second-order valence-electron chi connectivity index (χ2n) is 8.97. The van der Waals surface area contributed by atoms with Crippen LogP contribution in [0.3, 0.4) is 0 Å². The number of anilines is 1. The topological polar surface area (TPSA) is 66.0 Å². The minimum Gasteiger partial charge on any atom is -0.375 e. The quantitative estimate of drug-likeness (QED) is 0.609. The average molecular weight is 516 g/mol. The molecule has 0 radical (unpaired) electrons. The molecule has 0 amide bonds. The molecule has 3 aliphatic heterocycles. The first-order valence-corrected chi connectivity index (χ1v) is 12.5. The Balaban J connectivity index is 0.00000153. The smallest absolute Gasteiger partial charge is 0.243 e. The zero-order chi connectivity index (χ0) is 21.6. The Morgan fingerprint density at radius 3 is 2.15 bits per heavy atom. The van der Waals surface area contributed by atoms with Crippen LogP contribution in [-0.4, -0.2) is 80.1 Å². The van der Waals surface area contributed by atoms with Gasteiger partial charge in [-0.05, 0) is 50.1 Å². The van der Waals surface area contributed by atoms with Gasteiger partial charge in [0.15, 0.2) is 0 Å². The summed E-state index contributed by atoms with van der Waals surface area (Å²) in [5, 5.41) is 0. The summed E-state index contributed by atoms with van der Waals surface area (Å²) >= 11 is 0. The predicted molar refractivity (Wildman–Crippen MR) is 135 cm³/mol. The van der Waals surface area contributed by atoms with Crippen LogP contribution in [0.4, 0.5) is 5.82 Å². The average Bonchev–Trinajstić information content (AvgIpc) is 3.44. The van der Waals surface area contributed by atoms with Crippen LogP contribution in [0.5, 0.6) is 0 Å². The number of aromatic nitrogens is 1. The van der Waals surface area contributed by atoms with Crippen LogP contribution >= 0.6 is 24.8 Å². The van der Waals surface area contributed by atoms with Gasteiger partial charge in [0.2, 0.25) is 10.0 Å². The summed E-state index contributed by atoms with van der Waals surface area (Å²) in [4.78, 5) is 9.83. The molecule has 33 heavy (non-hydrogen) atoms. The summed E-state index contributed by atoms with van der Waals surface area (Å²) < 4.78 is 33.2. The number of ether oxygens (including phenoxy) is 1. The van der Waals surface area contributed by atoms with Gasteiger partial charge < -0.3 is 9.64 Å². The normalized spacial score (nSPS) is 23.4. The standard InChI is InChI=1S/C23H30N4O3S.2ClH/c1-17(2)25-9-11-26(12-10-25)23-8-5-19(14-24-23)18-3-6-22(7-4-18)31(28,29)27-15-21-13-20(27)16-30-21;;/h3-8,14,17,20-21H,9-13,15-16H2,1-2H3;2*1H/t20-,21-;;/m0../s1. The van der Waals surface area contributed by atoms with Gasteiger partial charge in [0.25, 0.3) is 0 Å². The van der Waals surface area contributed by atoms with Gasteiger partial charge >= 0.3 is 0 Å². The zero-order valence-electron chi connectivity index (χ0n) is 19.0. The molecule has 2 aromatic rings. The van der Waals surface area contributed by atoms with Crippen molar-refractivity contribution in [1.29, 1.82) is 0 Å². The molecule has 3 fully saturated rings. The first-order chi connectivity index (χ1) is 14.9. The Kier molecular flexibility index (Phi) is 8.30. The van der Waals surface area contributed by atoms with E-state index in [1.807, 2.05) is 18.3 Å². The van der Waals surface area contributed by atoms with E-state index in [1.54, 1.807) is 16.4 Å². The molecule has 2 atom stereocenters. The first kappa shape index (κ1) is 26.2. The van der Waals surface area contributed by atoms with Crippen molar-refractivity contribution in [1.82, 2.24) is 14.2 Å². The Bertz CT molecular complexity index is 1030. The molecule has 1 aromatic carbocycles. The molecular weight excluding hydrogens is 483 g/mol. The summed E-state index contributed by atoms with van der Waals surface area (Å²) in [6.45, 7) is 9.54. The van der Waals surface area contributed by atoms with E-state index in [1.165, 1.54) is 0 Å². The molecule has 0 aliphatic carbocycles. The van der Waals surface area contributed by atoms with Gasteiger partial charge in [-0.1, -0.05) is 12.1 Å². The van der Waals surface area contributed by atoms with E-state index >= 15 is 0 Å². The molecule has 0 spiro atoms. The third-order valence-electron chi connectivity index (χ3n) is 6.76. The molecule has 10 heteroatoms. The van der Waals surface area contributed by atoms with Crippen LogP contribution in [0, 0.1) is 0 Å². The summed E-state index contributed by atoms with van der Waals surface area (Å²) in [5.74, 6) is 0.998. The molecule has 0 saturated carbocycles. The fraction of sp³-hybridized carbons (Fsp3) is 0.522. The minimum absolute atomic E-state index is 0. The molecule has 5 rings (SSSR count). The highest BCUT2D eigenvalue weighted by Crippen LogP contribution is 2.33. The third-order valence-corrected chi connectivity index (χ3v) is 8.69. The molecule has 7 nitrogen and oxygen atoms in total. The van der Waals surface area contributed by atoms with Crippen molar-refractivity contribution < 1.29 is 13.2 Å². The molecule has 0 N–H and O–H groups in total. The van der Waals surface area contributed by atoms with Crippen molar-refractivity contribution in [3.8, 4) is 11.1 Å². The number of nitrogens with zero attached hydrogens (tertiary/aromatic N) is 4. The second-order valence-corrected chi connectivity index (χ2v) is 10.9. The third kappa shape index (κ3) is 5.16. The van der Waals surface area contributed by atoms with Crippen LogP contribution in [-0.2, 0) is 14.8 Å². The fourth-order valence-electron chi connectivity index (χ4n) is 4.82. The fourth-order valence-corrected chi connectivity index (χ4v) is 6.48. The number of benzene rings is 1. The molecule has 2 bridgehead atoms. The number of hydrogen-bond acceptors (Lipinski definition) is 6. The lowest BCUT2D eigenvalue weighted by Crippen LogP contribution is -2.49. The van der Waals surface area contributed by atoms with E-state index < -0.39 is 10.0 Å². The van der Waals surface area contributed by atoms with Gasteiger partial charge in [0, 0.05) is 50.5 Å². The van der Waals surface area contributed by atoms with Gasteiger partial charge in [0.05, 0.1) is 23.6 Å². The van der Waals surface area contributed by atoms with Crippen molar-refractivity contribution in [3.05, 3.63) is 42.6 Å². The van der Waals surface area contributed by atoms with Crippen LogP contribution < -0.4 is 4.90 Å². The highest BCUT2D eigenvalue weighted by Gasteiger charge is 2.45. The Morgan fingerprint density at radius 1 is 0.970 bits per heavy atom. The zero-order valence-corrected chi connectivity index (χ0v) is 21.4. The van der Waals surface area contributed by atoms with Crippen molar-refractivity contribution in [2.24, 2.45) is 0 Å². The van der Waals surface area contributed by atoms with Crippen LogP contribution in [0.2, 0.25) is 0 Å². The van der Waals surface area contributed by atoms with Gasteiger partial charge in [-0.15, -0.1) is 24.8 Å². The molecule has 1 aromatic heterocycles. The maximum Gasteiger partial charge on any atom is 0.243 e. The lowest BCUT2D eigenvalue weighted by molar-refractivity contribution is 0.0608. The van der Waals surface area contributed by atoms with Crippen LogP contribution in [0.25, 0.3) is 11.1 Å².